The van der Waals surface area contributed by atoms with Crippen molar-refractivity contribution >= 4 is 22.6 Å². The molecule has 10 heteroatoms. The predicted octanol–water partition coefficient (Wildman–Crippen LogP) is 2.03. The topological polar surface area (TPSA) is 92.3 Å². The Balaban J connectivity index is 1.92. The molecule has 4 aromatic rings. The summed E-state index contributed by atoms with van der Waals surface area (Å²) in [5, 5.41) is 11.3. The van der Waals surface area contributed by atoms with Crippen LogP contribution >= 0.6 is 0 Å². The molecule has 1 aliphatic rings. The van der Waals surface area contributed by atoms with Crippen LogP contribution in [0.4, 0.5) is 14.5 Å². The van der Waals surface area contributed by atoms with Crippen molar-refractivity contribution in [2.24, 2.45) is 7.05 Å². The summed E-state index contributed by atoms with van der Waals surface area (Å²) < 4.78 is 35.0. The van der Waals surface area contributed by atoms with Crippen LogP contribution in [-0.2, 0) is 7.05 Å². The van der Waals surface area contributed by atoms with Gasteiger partial charge in [-0.2, -0.15) is 0 Å². The van der Waals surface area contributed by atoms with Crippen molar-refractivity contribution in [1.29, 1.82) is 0 Å². The SMILES string of the molecule is Cc1c(-n2cc(C(=O)[O-])c(=O)c3cc(F)c(N4CCCC4)c(F)c32)c(=O)n(-c2ccccc2)n1C. The zero-order chi connectivity index (χ0) is 25.0. The van der Waals surface area contributed by atoms with Gasteiger partial charge in [0, 0.05) is 26.3 Å². The van der Waals surface area contributed by atoms with Gasteiger partial charge in [-0.05, 0) is 38.0 Å². The number of carbonyl (C=O) groups excluding carboxylic acids is 1. The molecular weight excluding hydrogens is 458 g/mol. The van der Waals surface area contributed by atoms with Gasteiger partial charge < -0.3 is 19.4 Å². The van der Waals surface area contributed by atoms with Crippen molar-refractivity contribution in [2.45, 2.75) is 19.8 Å². The molecule has 1 fully saturated rings. The van der Waals surface area contributed by atoms with Gasteiger partial charge in [-0.1, -0.05) is 18.2 Å². The molecule has 35 heavy (non-hydrogen) atoms. The Kier molecular flexibility index (Phi) is 5.31. The lowest BCUT2D eigenvalue weighted by molar-refractivity contribution is -0.255. The monoisotopic (exact) mass is 479 g/mol. The third-order valence-electron chi connectivity index (χ3n) is 6.56. The van der Waals surface area contributed by atoms with E-state index >= 15 is 8.78 Å². The number of carbonyl (C=O) groups is 1. The third-order valence-corrected chi connectivity index (χ3v) is 6.56. The standard InChI is InChI=1S/C25H22F2N4O4/c1-14-20(24(33)31(28(14)2)15-8-4-3-5-9-15)30-13-17(25(34)35)23(32)16-12-18(26)22(19(27)21(16)30)29-10-6-7-11-29/h3-5,8-9,12-13H,6-7,10-11H2,1-2H3,(H,34,35)/p-1. The number of fused-ring (bicyclic) bond motifs is 1. The number of aromatic nitrogens is 3. The van der Waals surface area contributed by atoms with Crippen molar-refractivity contribution in [2.75, 3.05) is 18.0 Å². The number of anilines is 1. The van der Waals surface area contributed by atoms with Crippen LogP contribution in [0.25, 0.3) is 22.3 Å². The second-order valence-corrected chi connectivity index (χ2v) is 8.55. The second kappa shape index (κ2) is 8.23. The number of hydrogen-bond donors (Lipinski definition) is 0. The highest BCUT2D eigenvalue weighted by atomic mass is 19.1. The minimum atomic E-state index is -1.81. The lowest BCUT2D eigenvalue weighted by Gasteiger charge is -2.22. The maximum Gasteiger partial charge on any atom is 0.295 e. The van der Waals surface area contributed by atoms with Gasteiger partial charge in [0.25, 0.3) is 5.56 Å². The number of para-hydroxylation sites is 1. The van der Waals surface area contributed by atoms with Gasteiger partial charge in [0.2, 0.25) is 0 Å². The number of pyridine rings is 1. The first-order valence-electron chi connectivity index (χ1n) is 11.1. The number of halogens is 2. The maximum absolute atomic E-state index is 16.0. The summed E-state index contributed by atoms with van der Waals surface area (Å²) in [5.41, 5.74) is -2.30. The molecule has 180 valence electrons. The number of aromatic carboxylic acids is 1. The molecule has 0 saturated carbocycles. The smallest absolute Gasteiger partial charge is 0.295 e. The molecule has 3 heterocycles. The molecule has 0 amide bonds. The maximum atomic E-state index is 16.0. The van der Waals surface area contributed by atoms with Crippen LogP contribution < -0.4 is 21.0 Å². The highest BCUT2D eigenvalue weighted by Gasteiger charge is 2.28. The van der Waals surface area contributed by atoms with Gasteiger partial charge in [-0.15, -0.1) is 0 Å². The van der Waals surface area contributed by atoms with E-state index in [4.69, 9.17) is 0 Å². The lowest BCUT2D eigenvalue weighted by Crippen LogP contribution is -2.31. The average molecular weight is 479 g/mol. The Morgan fingerprint density at radius 1 is 1.03 bits per heavy atom. The Morgan fingerprint density at radius 2 is 1.69 bits per heavy atom. The molecule has 1 saturated heterocycles. The minimum absolute atomic E-state index is 0.0678. The molecule has 0 unspecified atom stereocenters. The van der Waals surface area contributed by atoms with Crippen LogP contribution in [0.3, 0.4) is 0 Å². The van der Waals surface area contributed by atoms with Crippen LogP contribution in [-0.4, -0.2) is 33.0 Å². The summed E-state index contributed by atoms with van der Waals surface area (Å²) >= 11 is 0. The fourth-order valence-corrected chi connectivity index (χ4v) is 4.79. The first-order valence-corrected chi connectivity index (χ1v) is 11.1. The van der Waals surface area contributed by atoms with E-state index in [2.05, 4.69) is 0 Å². The average Bonchev–Trinajstić information content (AvgIpc) is 3.42. The summed E-state index contributed by atoms with van der Waals surface area (Å²) in [6.07, 6.45) is 2.40. The summed E-state index contributed by atoms with van der Waals surface area (Å²) in [6.45, 7) is 2.49. The molecule has 2 aromatic heterocycles. The highest BCUT2D eigenvalue weighted by Crippen LogP contribution is 2.33. The number of rotatable bonds is 4. The Bertz CT molecular complexity index is 1610. The molecule has 0 atom stereocenters. The molecule has 0 radical (unpaired) electrons. The Hall–Kier alpha value is -4.21. The highest BCUT2D eigenvalue weighted by molar-refractivity contribution is 5.93. The lowest BCUT2D eigenvalue weighted by atomic mass is 10.1. The van der Waals surface area contributed by atoms with E-state index in [0.29, 0.717) is 24.5 Å². The molecule has 0 aliphatic carbocycles. The number of nitrogens with zero attached hydrogens (tertiary/aromatic N) is 4. The van der Waals surface area contributed by atoms with Crippen molar-refractivity contribution < 1.29 is 18.7 Å². The van der Waals surface area contributed by atoms with Crippen LogP contribution in [0.15, 0.2) is 52.2 Å². The van der Waals surface area contributed by atoms with E-state index in [1.807, 2.05) is 0 Å². The predicted molar refractivity (Wildman–Crippen MR) is 125 cm³/mol. The van der Waals surface area contributed by atoms with Crippen LogP contribution in [0, 0.1) is 18.6 Å². The van der Waals surface area contributed by atoms with Gasteiger partial charge in [-0.25, -0.2) is 13.5 Å². The van der Waals surface area contributed by atoms with Gasteiger partial charge in [-0.3, -0.25) is 14.3 Å². The number of hydrogen-bond acceptors (Lipinski definition) is 5. The fraction of sp³-hybridized carbons (Fsp3) is 0.240. The molecule has 1 aliphatic heterocycles. The number of carboxylic acids is 1. The largest absolute Gasteiger partial charge is 0.545 e. The van der Waals surface area contributed by atoms with Crippen LogP contribution in [0.2, 0.25) is 0 Å². The van der Waals surface area contributed by atoms with E-state index in [-0.39, 0.29) is 16.9 Å². The van der Waals surface area contributed by atoms with Crippen molar-refractivity contribution in [3.05, 3.63) is 86.1 Å². The van der Waals surface area contributed by atoms with E-state index in [0.717, 1.165) is 29.7 Å². The third kappa shape index (κ3) is 3.36. The van der Waals surface area contributed by atoms with Gasteiger partial charge in [0.15, 0.2) is 11.2 Å². The van der Waals surface area contributed by atoms with Crippen molar-refractivity contribution in [3.63, 3.8) is 0 Å². The molecule has 0 spiro atoms. The molecule has 0 N–H and O–H groups in total. The Labute approximate surface area is 197 Å². The van der Waals surface area contributed by atoms with Crippen molar-refractivity contribution in [3.8, 4) is 11.4 Å². The first kappa shape index (κ1) is 22.6. The zero-order valence-electron chi connectivity index (χ0n) is 19.0. The number of benzene rings is 2. The first-order chi connectivity index (χ1) is 16.7. The molecule has 0 bridgehead atoms. The summed E-state index contributed by atoms with van der Waals surface area (Å²) in [5.74, 6) is -3.81. The van der Waals surface area contributed by atoms with Crippen LogP contribution in [0.1, 0.15) is 28.9 Å². The normalized spacial score (nSPS) is 13.7. The molecular formula is C25H21F2N4O4-. The zero-order valence-corrected chi connectivity index (χ0v) is 19.0. The summed E-state index contributed by atoms with van der Waals surface area (Å²) in [4.78, 5) is 39.8. The van der Waals surface area contributed by atoms with E-state index < -0.39 is 39.5 Å². The van der Waals surface area contributed by atoms with Gasteiger partial charge in [0.1, 0.15) is 17.2 Å². The number of carboxylic acid groups (broad SMARTS) is 1. The van der Waals surface area contributed by atoms with E-state index in [9.17, 15) is 19.5 Å². The molecule has 5 rings (SSSR count). The van der Waals surface area contributed by atoms with Crippen LogP contribution in [0.5, 0.6) is 0 Å². The Morgan fingerprint density at radius 3 is 2.31 bits per heavy atom. The van der Waals surface area contributed by atoms with E-state index in [1.54, 1.807) is 53.9 Å². The van der Waals surface area contributed by atoms with Gasteiger partial charge >= 0.3 is 0 Å². The second-order valence-electron chi connectivity index (χ2n) is 8.55. The quantitative estimate of drug-likeness (QED) is 0.447. The molecule has 2 aromatic carbocycles. The summed E-state index contributed by atoms with van der Waals surface area (Å²) in [6, 6.07) is 9.54. The molecule has 8 nitrogen and oxygen atoms in total. The summed E-state index contributed by atoms with van der Waals surface area (Å²) in [7, 11) is 1.63. The van der Waals surface area contributed by atoms with E-state index in [1.165, 1.54) is 4.68 Å². The minimum Gasteiger partial charge on any atom is -0.545 e. The van der Waals surface area contributed by atoms with Crippen molar-refractivity contribution in [1.82, 2.24) is 13.9 Å². The van der Waals surface area contributed by atoms with Gasteiger partial charge in [0.05, 0.1) is 33.8 Å². The fourth-order valence-electron chi connectivity index (χ4n) is 4.79.